The number of ketones is 1. The van der Waals surface area contributed by atoms with Crippen molar-refractivity contribution in [2.75, 3.05) is 30.3 Å². The van der Waals surface area contributed by atoms with E-state index in [1.807, 2.05) is 24.3 Å². The van der Waals surface area contributed by atoms with Crippen molar-refractivity contribution >= 4 is 27.5 Å². The van der Waals surface area contributed by atoms with Gasteiger partial charge >= 0.3 is 5.97 Å². The predicted octanol–water partition coefficient (Wildman–Crippen LogP) is 2.38. The molecule has 0 saturated heterocycles. The summed E-state index contributed by atoms with van der Waals surface area (Å²) in [6.07, 6.45) is 3.08. The van der Waals surface area contributed by atoms with Crippen LogP contribution < -0.4 is 9.04 Å². The highest BCUT2D eigenvalue weighted by Crippen LogP contribution is 2.30. The van der Waals surface area contributed by atoms with Crippen molar-refractivity contribution in [1.82, 2.24) is 0 Å². The maximum Gasteiger partial charge on any atom is 0.313 e. The average molecular weight is 429 g/mol. The Morgan fingerprint density at radius 2 is 1.97 bits per heavy atom. The molecule has 0 bridgehead atoms. The Morgan fingerprint density at radius 3 is 2.77 bits per heavy atom. The molecule has 0 aromatic heterocycles. The number of Topliss-reactive ketones (excluding diaryl/α,β-unsaturated/α-hetero) is 1. The fourth-order valence-electron chi connectivity index (χ4n) is 3.90. The van der Waals surface area contributed by atoms with Crippen LogP contribution in [0.1, 0.15) is 27.9 Å². The summed E-state index contributed by atoms with van der Waals surface area (Å²) in [7, 11) is -3.36. The third kappa shape index (κ3) is 4.18. The highest BCUT2D eigenvalue weighted by molar-refractivity contribution is 7.92. The molecule has 0 N–H and O–H groups in total. The number of fused-ring (bicyclic) bond motifs is 2. The van der Waals surface area contributed by atoms with Gasteiger partial charge in [0.05, 0.1) is 17.9 Å². The first-order valence-corrected chi connectivity index (χ1v) is 11.7. The number of esters is 1. The number of hydrogen-bond donors (Lipinski definition) is 0. The lowest BCUT2D eigenvalue weighted by atomic mass is 9.97. The first-order valence-electron chi connectivity index (χ1n) is 9.84. The molecule has 0 spiro atoms. The number of benzene rings is 2. The van der Waals surface area contributed by atoms with E-state index in [4.69, 9.17) is 9.47 Å². The van der Waals surface area contributed by atoms with Gasteiger partial charge in [0.2, 0.25) is 10.0 Å². The molecular formula is C22H23NO6S. The van der Waals surface area contributed by atoms with E-state index < -0.39 is 21.9 Å². The Hall–Kier alpha value is -2.87. The number of carbonyl (C=O) groups excluding carboxylic acids is 2. The lowest BCUT2D eigenvalue weighted by molar-refractivity contribution is -0.148. The maximum atomic E-state index is 12.6. The summed E-state index contributed by atoms with van der Waals surface area (Å²) < 4.78 is 36.2. The molecule has 2 aliphatic heterocycles. The average Bonchev–Trinajstić information content (AvgIpc) is 2.75. The molecule has 7 nitrogen and oxygen atoms in total. The van der Waals surface area contributed by atoms with E-state index >= 15 is 0 Å². The highest BCUT2D eigenvalue weighted by Gasteiger charge is 2.28. The van der Waals surface area contributed by atoms with Crippen LogP contribution in [0, 0.1) is 5.92 Å². The van der Waals surface area contributed by atoms with E-state index in [1.165, 1.54) is 10.6 Å². The zero-order valence-electron chi connectivity index (χ0n) is 16.7. The van der Waals surface area contributed by atoms with E-state index in [9.17, 15) is 18.0 Å². The van der Waals surface area contributed by atoms with Crippen LogP contribution in [0.3, 0.4) is 0 Å². The molecule has 0 fully saturated rings. The van der Waals surface area contributed by atoms with Gasteiger partial charge in [-0.15, -0.1) is 0 Å². The van der Waals surface area contributed by atoms with Crippen molar-refractivity contribution < 1.29 is 27.5 Å². The molecule has 1 unspecified atom stereocenters. The first-order chi connectivity index (χ1) is 14.3. The maximum absolute atomic E-state index is 12.6. The highest BCUT2D eigenvalue weighted by atomic mass is 32.2. The molecule has 4 rings (SSSR count). The van der Waals surface area contributed by atoms with Crippen molar-refractivity contribution in [2.24, 2.45) is 5.92 Å². The molecule has 158 valence electrons. The Bertz CT molecular complexity index is 1090. The van der Waals surface area contributed by atoms with Crippen molar-refractivity contribution in [1.29, 1.82) is 0 Å². The summed E-state index contributed by atoms with van der Waals surface area (Å²) in [4.78, 5) is 25.0. The SMILES string of the molecule is CS(=O)(=O)N1CCCc2cc(C(=O)COC(=O)C3COc4ccccc4C3)ccc21. The fraction of sp³-hybridized carbons (Fsp3) is 0.364. The second kappa shape index (κ2) is 8.10. The van der Waals surface area contributed by atoms with Gasteiger partial charge in [0.15, 0.2) is 12.4 Å². The van der Waals surface area contributed by atoms with Gasteiger partial charge in [-0.3, -0.25) is 13.9 Å². The van der Waals surface area contributed by atoms with Crippen molar-refractivity contribution in [3.63, 3.8) is 0 Å². The van der Waals surface area contributed by atoms with Crippen LogP contribution in [0.5, 0.6) is 5.75 Å². The lowest BCUT2D eigenvalue weighted by Gasteiger charge is -2.29. The summed E-state index contributed by atoms with van der Waals surface area (Å²) in [5.41, 5.74) is 2.76. The summed E-state index contributed by atoms with van der Waals surface area (Å²) in [6, 6.07) is 12.5. The largest absolute Gasteiger partial charge is 0.492 e. The number of sulfonamides is 1. The van der Waals surface area contributed by atoms with Crippen LogP contribution in [-0.2, 0) is 32.4 Å². The molecule has 0 saturated carbocycles. The molecule has 0 aliphatic carbocycles. The van der Waals surface area contributed by atoms with E-state index in [1.54, 1.807) is 18.2 Å². The second-order valence-electron chi connectivity index (χ2n) is 7.63. The van der Waals surface area contributed by atoms with Crippen molar-refractivity contribution in [3.05, 3.63) is 59.2 Å². The topological polar surface area (TPSA) is 90.0 Å². The second-order valence-corrected chi connectivity index (χ2v) is 9.54. The minimum absolute atomic E-state index is 0.226. The van der Waals surface area contributed by atoms with Gasteiger partial charge in [-0.2, -0.15) is 0 Å². The van der Waals surface area contributed by atoms with Crippen molar-refractivity contribution in [3.8, 4) is 5.75 Å². The van der Waals surface area contributed by atoms with Gasteiger partial charge < -0.3 is 9.47 Å². The zero-order valence-corrected chi connectivity index (χ0v) is 17.5. The Kier molecular flexibility index (Phi) is 5.51. The molecule has 2 aromatic carbocycles. The lowest BCUT2D eigenvalue weighted by Crippen LogP contribution is -2.34. The minimum atomic E-state index is -3.36. The van der Waals surface area contributed by atoms with Gasteiger partial charge in [-0.1, -0.05) is 18.2 Å². The van der Waals surface area contributed by atoms with Gasteiger partial charge in [-0.05, 0) is 54.7 Å². The molecule has 1 atom stereocenters. The van der Waals surface area contributed by atoms with Gasteiger partial charge in [0.1, 0.15) is 12.4 Å². The molecule has 2 aliphatic rings. The summed E-state index contributed by atoms with van der Waals surface area (Å²) in [5.74, 6) is -0.451. The number of aryl methyl sites for hydroxylation is 1. The van der Waals surface area contributed by atoms with Crippen molar-refractivity contribution in [2.45, 2.75) is 19.3 Å². The molecule has 8 heteroatoms. The minimum Gasteiger partial charge on any atom is -0.492 e. The summed E-state index contributed by atoms with van der Waals surface area (Å²) in [6.45, 7) is 0.305. The zero-order chi connectivity index (χ0) is 21.3. The van der Waals surface area contributed by atoms with Crippen LogP contribution in [-0.4, -0.2) is 46.2 Å². The van der Waals surface area contributed by atoms with Crippen LogP contribution >= 0.6 is 0 Å². The van der Waals surface area contributed by atoms with Crippen LogP contribution in [0.25, 0.3) is 0 Å². The molecule has 0 radical (unpaired) electrons. The number of hydrogen-bond acceptors (Lipinski definition) is 6. The molecule has 30 heavy (non-hydrogen) atoms. The third-order valence-corrected chi connectivity index (χ3v) is 6.62. The quantitative estimate of drug-likeness (QED) is 0.536. The van der Waals surface area contributed by atoms with E-state index in [0.717, 1.165) is 16.9 Å². The predicted molar refractivity (Wildman–Crippen MR) is 111 cm³/mol. The monoisotopic (exact) mass is 429 g/mol. The number of carbonyl (C=O) groups is 2. The fourth-order valence-corrected chi connectivity index (χ4v) is 4.89. The Morgan fingerprint density at radius 1 is 1.17 bits per heavy atom. The standard InChI is InChI=1S/C22H23NO6S/c1-30(26,27)23-10-4-6-15-11-16(8-9-19(15)23)20(24)14-29-22(25)18-12-17-5-2-3-7-21(17)28-13-18/h2-3,5,7-9,11,18H,4,6,10,12-14H2,1H3. The van der Waals surface area contributed by atoms with Crippen LogP contribution in [0.2, 0.25) is 0 Å². The molecule has 2 heterocycles. The van der Waals surface area contributed by atoms with Crippen LogP contribution in [0.4, 0.5) is 5.69 Å². The number of rotatable bonds is 5. The van der Waals surface area contributed by atoms with E-state index in [-0.39, 0.29) is 19.0 Å². The summed E-state index contributed by atoms with van der Waals surface area (Å²) in [5, 5.41) is 0. The Balaban J connectivity index is 1.39. The third-order valence-electron chi connectivity index (χ3n) is 5.44. The smallest absolute Gasteiger partial charge is 0.313 e. The van der Waals surface area contributed by atoms with Gasteiger partial charge in [-0.25, -0.2) is 8.42 Å². The van der Waals surface area contributed by atoms with E-state index in [0.29, 0.717) is 37.1 Å². The van der Waals surface area contributed by atoms with Crippen LogP contribution in [0.15, 0.2) is 42.5 Å². The Labute approximate surface area is 175 Å². The summed E-state index contributed by atoms with van der Waals surface area (Å²) >= 11 is 0. The first kappa shape index (κ1) is 20.4. The normalized spacial score (nSPS) is 18.0. The number of ether oxygens (including phenoxy) is 2. The van der Waals surface area contributed by atoms with E-state index in [2.05, 4.69) is 0 Å². The molecular weight excluding hydrogens is 406 g/mol. The van der Waals surface area contributed by atoms with Gasteiger partial charge in [0, 0.05) is 12.1 Å². The van der Waals surface area contributed by atoms with Gasteiger partial charge in [0.25, 0.3) is 0 Å². The number of para-hydroxylation sites is 1. The molecule has 2 aromatic rings. The number of anilines is 1. The number of nitrogens with zero attached hydrogens (tertiary/aromatic N) is 1. The molecule has 0 amide bonds.